The van der Waals surface area contributed by atoms with Gasteiger partial charge in [0.05, 0.1) is 11.4 Å². The van der Waals surface area contributed by atoms with Crippen LogP contribution in [0, 0.1) is 21.4 Å². The first kappa shape index (κ1) is 51.7. The lowest BCUT2D eigenvalue weighted by molar-refractivity contribution is -0.167. The number of hydrogen-bond donors (Lipinski definition) is 2. The molecule has 0 saturated heterocycles. The number of esters is 3. The van der Waals surface area contributed by atoms with Crippen LogP contribution in [0.5, 0.6) is 0 Å². The van der Waals surface area contributed by atoms with Gasteiger partial charge in [0.2, 0.25) is 0 Å². The van der Waals surface area contributed by atoms with E-state index < -0.39 is 18.0 Å². The Bertz CT molecular complexity index is 1450. The van der Waals surface area contributed by atoms with Crippen molar-refractivity contribution in [3.8, 4) is 0 Å². The van der Waals surface area contributed by atoms with Crippen LogP contribution >= 0.6 is 136 Å². The number of carbonyl (C=O) groups is 3. The molecule has 0 atom stereocenters. The average molecular weight is 1430 g/mol. The molecule has 8 nitrogen and oxygen atoms in total. The maximum absolute atomic E-state index is 12.8. The quantitative estimate of drug-likeness (QED) is 0.0215. The standard InChI is InChI=1S/C41H56I6N2O6/c1-2-3-4-5-6-7-8-9-10-11-12-13-14-15-16-21-37(52)55-28(26-53-35(50)22-17-19-29-31(42)24-33(44)40(48)38(29)46)27-54-36(51)23-18-20-30-32(43)25-34(45)41(49)39(30)47/h9-10,24-25,28H,2-8,11-23,26-27,48-49H2,1H3/b10-9+. The van der Waals surface area contributed by atoms with Gasteiger partial charge in [0.1, 0.15) is 13.2 Å². The number of carbonyl (C=O) groups excluding carboxylic acids is 3. The fourth-order valence-electron chi connectivity index (χ4n) is 5.79. The van der Waals surface area contributed by atoms with Gasteiger partial charge in [-0.3, -0.25) is 14.4 Å². The summed E-state index contributed by atoms with van der Waals surface area (Å²) in [5, 5.41) is 0. The Labute approximate surface area is 410 Å². The molecule has 0 aliphatic heterocycles. The lowest BCUT2D eigenvalue weighted by Gasteiger charge is -2.18. The highest BCUT2D eigenvalue weighted by molar-refractivity contribution is 14.1. The van der Waals surface area contributed by atoms with Gasteiger partial charge in [-0.1, -0.05) is 70.4 Å². The summed E-state index contributed by atoms with van der Waals surface area (Å²) in [6, 6.07) is 4.09. The van der Waals surface area contributed by atoms with Gasteiger partial charge in [-0.25, -0.2) is 0 Å². The van der Waals surface area contributed by atoms with Crippen molar-refractivity contribution < 1.29 is 28.6 Å². The van der Waals surface area contributed by atoms with Crippen LogP contribution in [0.2, 0.25) is 0 Å². The smallest absolute Gasteiger partial charge is 0.306 e. The highest BCUT2D eigenvalue weighted by atomic mass is 127. The van der Waals surface area contributed by atoms with Crippen molar-refractivity contribution in [3.05, 3.63) is 56.8 Å². The first-order valence-electron chi connectivity index (χ1n) is 19.3. The van der Waals surface area contributed by atoms with Gasteiger partial charge in [0, 0.05) is 40.7 Å². The van der Waals surface area contributed by atoms with E-state index in [4.69, 9.17) is 25.7 Å². The molecule has 0 fully saturated rings. The number of rotatable bonds is 28. The van der Waals surface area contributed by atoms with Crippen molar-refractivity contribution in [2.24, 2.45) is 0 Å². The summed E-state index contributed by atoms with van der Waals surface area (Å²) >= 11 is 13.6. The molecule has 0 radical (unpaired) electrons. The SMILES string of the molecule is CCCCCCCC/C=C/CCCCCCCC(=O)OC(COC(=O)CCCc1c(I)cc(I)c(N)c1I)COC(=O)CCCc1c(I)cc(I)c(N)c1I. The van der Waals surface area contributed by atoms with Crippen LogP contribution in [0.4, 0.5) is 11.4 Å². The van der Waals surface area contributed by atoms with E-state index in [1.807, 2.05) is 12.1 Å². The summed E-state index contributed by atoms with van der Waals surface area (Å²) in [5.74, 6) is -1.17. The van der Waals surface area contributed by atoms with Crippen LogP contribution in [0.25, 0.3) is 0 Å². The zero-order valence-electron chi connectivity index (χ0n) is 31.8. The second-order valence-electron chi connectivity index (χ2n) is 13.6. The highest BCUT2D eigenvalue weighted by Gasteiger charge is 2.21. The van der Waals surface area contributed by atoms with Crippen LogP contribution in [0.1, 0.15) is 134 Å². The molecular formula is C41H56I6N2O6. The van der Waals surface area contributed by atoms with Gasteiger partial charge < -0.3 is 25.7 Å². The van der Waals surface area contributed by atoms with Gasteiger partial charge in [-0.15, -0.1) is 0 Å². The van der Waals surface area contributed by atoms with Crippen LogP contribution in [-0.4, -0.2) is 37.2 Å². The van der Waals surface area contributed by atoms with Crippen molar-refractivity contribution in [2.75, 3.05) is 24.7 Å². The van der Waals surface area contributed by atoms with E-state index in [0.29, 0.717) is 25.7 Å². The fourth-order valence-corrected chi connectivity index (χ4v) is 13.6. The van der Waals surface area contributed by atoms with Crippen molar-refractivity contribution in [2.45, 2.75) is 141 Å². The molecule has 4 N–H and O–H groups in total. The Morgan fingerprint density at radius 2 is 0.964 bits per heavy atom. The van der Waals surface area contributed by atoms with Crippen LogP contribution in [-0.2, 0) is 41.4 Å². The molecule has 0 aromatic heterocycles. The molecule has 0 spiro atoms. The third-order valence-corrected chi connectivity index (χ3v) is 15.2. The minimum atomic E-state index is -0.876. The lowest BCUT2D eigenvalue weighted by Crippen LogP contribution is -2.31. The number of allylic oxidation sites excluding steroid dienone is 2. The third-order valence-electron chi connectivity index (χ3n) is 9.02. The van der Waals surface area contributed by atoms with Gasteiger partial charge in [-0.2, -0.15) is 0 Å². The number of halogens is 6. The summed E-state index contributed by atoms with van der Waals surface area (Å²) in [6.07, 6.45) is 22.3. The molecular weight excluding hydrogens is 1380 g/mol. The molecule has 0 bridgehead atoms. The summed E-state index contributed by atoms with van der Waals surface area (Å²) < 4.78 is 23.0. The first-order valence-corrected chi connectivity index (χ1v) is 25.8. The predicted molar refractivity (Wildman–Crippen MR) is 275 cm³/mol. The molecule has 0 heterocycles. The molecule has 0 amide bonds. The van der Waals surface area contributed by atoms with E-state index in [9.17, 15) is 14.4 Å². The average Bonchev–Trinajstić information content (AvgIpc) is 3.15. The Morgan fingerprint density at radius 3 is 1.42 bits per heavy atom. The second-order valence-corrected chi connectivity index (χ2v) is 20.4. The van der Waals surface area contributed by atoms with Crippen molar-refractivity contribution >= 4 is 165 Å². The maximum Gasteiger partial charge on any atom is 0.306 e. The van der Waals surface area contributed by atoms with Crippen molar-refractivity contribution in [3.63, 3.8) is 0 Å². The Kier molecular flexibility index (Phi) is 28.7. The molecule has 2 aromatic rings. The summed E-state index contributed by atoms with van der Waals surface area (Å²) in [6.45, 7) is 1.91. The van der Waals surface area contributed by atoms with Gasteiger partial charge >= 0.3 is 17.9 Å². The minimum absolute atomic E-state index is 0.173. The summed E-state index contributed by atoms with van der Waals surface area (Å²) in [7, 11) is 0. The number of nitrogen functional groups attached to an aromatic ring is 2. The molecule has 0 aliphatic carbocycles. The van der Waals surface area contributed by atoms with Crippen LogP contribution < -0.4 is 11.5 Å². The fraction of sp³-hybridized carbons (Fsp3) is 0.585. The highest BCUT2D eigenvalue weighted by Crippen LogP contribution is 2.32. The molecule has 308 valence electrons. The zero-order valence-corrected chi connectivity index (χ0v) is 44.8. The molecule has 0 aliphatic rings. The van der Waals surface area contributed by atoms with Gasteiger partial charge in [0.15, 0.2) is 6.10 Å². The summed E-state index contributed by atoms with van der Waals surface area (Å²) in [4.78, 5) is 38.3. The lowest BCUT2D eigenvalue weighted by atomic mass is 10.1. The number of hydrogen-bond acceptors (Lipinski definition) is 8. The largest absolute Gasteiger partial charge is 0.462 e. The van der Waals surface area contributed by atoms with Crippen LogP contribution in [0.3, 0.4) is 0 Å². The van der Waals surface area contributed by atoms with E-state index in [0.717, 1.165) is 82.4 Å². The monoisotopic (exact) mass is 1430 g/mol. The third kappa shape index (κ3) is 21.6. The number of ether oxygens (including phenoxy) is 3. The van der Waals surface area contributed by atoms with E-state index in [-0.39, 0.29) is 38.4 Å². The molecule has 0 saturated carbocycles. The minimum Gasteiger partial charge on any atom is -0.462 e. The Balaban J connectivity index is 1.79. The van der Waals surface area contributed by atoms with Crippen molar-refractivity contribution in [1.29, 1.82) is 0 Å². The molecule has 55 heavy (non-hydrogen) atoms. The topological polar surface area (TPSA) is 131 Å². The number of anilines is 2. The Morgan fingerprint density at radius 1 is 0.564 bits per heavy atom. The predicted octanol–water partition coefficient (Wildman–Crippen LogP) is 12.9. The molecule has 2 rings (SSSR count). The van der Waals surface area contributed by atoms with Gasteiger partial charge in [0.25, 0.3) is 0 Å². The second kappa shape index (κ2) is 30.6. The first-order chi connectivity index (χ1) is 26.3. The number of benzene rings is 2. The molecule has 2 aromatic carbocycles. The maximum atomic E-state index is 12.8. The van der Waals surface area contributed by atoms with Crippen LogP contribution in [0.15, 0.2) is 24.3 Å². The number of unbranched alkanes of at least 4 members (excludes halogenated alkanes) is 11. The molecule has 14 heteroatoms. The van der Waals surface area contributed by atoms with E-state index in [1.165, 1.54) is 44.9 Å². The molecule has 0 unspecified atom stereocenters. The summed E-state index contributed by atoms with van der Waals surface area (Å²) in [5.41, 5.74) is 16.2. The normalized spacial score (nSPS) is 11.4. The van der Waals surface area contributed by atoms with E-state index in [1.54, 1.807) is 0 Å². The van der Waals surface area contributed by atoms with Crippen molar-refractivity contribution in [1.82, 2.24) is 0 Å². The number of nitrogens with two attached hydrogens (primary N) is 2. The zero-order chi connectivity index (χ0) is 40.6. The Hall–Kier alpha value is 0.570. The van der Waals surface area contributed by atoms with E-state index in [2.05, 4.69) is 155 Å². The van der Waals surface area contributed by atoms with Gasteiger partial charge in [-0.05, 0) is 217 Å². The van der Waals surface area contributed by atoms with E-state index >= 15 is 0 Å².